The smallest absolute Gasteiger partial charge is 0.251 e. The van der Waals surface area contributed by atoms with Crippen LogP contribution in [0.25, 0.3) is 0 Å². The average molecular weight is 308 g/mol. The Hall–Kier alpha value is -1.95. The van der Waals surface area contributed by atoms with E-state index in [0.29, 0.717) is 18.5 Å². The predicted molar refractivity (Wildman–Crippen MR) is 79.4 cm³/mol. The lowest BCUT2D eigenvalue weighted by molar-refractivity contribution is -0.151. The van der Waals surface area contributed by atoms with E-state index in [-0.39, 0.29) is 18.9 Å². The Kier molecular flexibility index (Phi) is 4.24. The van der Waals surface area contributed by atoms with Crippen molar-refractivity contribution in [1.82, 2.24) is 4.90 Å². The van der Waals surface area contributed by atoms with E-state index >= 15 is 0 Å². The molecule has 0 saturated carbocycles. The van der Waals surface area contributed by atoms with Gasteiger partial charge in [0, 0.05) is 6.54 Å². The topological polar surface area (TPSA) is 83.6 Å². The normalized spacial score (nSPS) is 22.5. The fourth-order valence-corrected chi connectivity index (χ4v) is 2.81. The Bertz CT molecular complexity index is 603. The molecule has 1 fully saturated rings. The molecule has 0 aromatic heterocycles. The number of nitrogens with zero attached hydrogens (tertiary/aromatic N) is 1. The molecule has 2 rings (SSSR count). The van der Waals surface area contributed by atoms with Gasteiger partial charge >= 0.3 is 0 Å². The van der Waals surface area contributed by atoms with Gasteiger partial charge in [-0.15, -0.1) is 0 Å². The summed E-state index contributed by atoms with van der Waals surface area (Å²) in [4.78, 5) is 25.6. The van der Waals surface area contributed by atoms with Crippen LogP contribution >= 0.6 is 0 Å². The third kappa shape index (κ3) is 2.97. The SMILES string of the molecule is CC(C)(C(=O)N1CCCC(O)(C(N)=O)C1)c1cccc(F)c1. The largest absolute Gasteiger partial charge is 0.378 e. The first-order valence-electron chi connectivity index (χ1n) is 7.24. The number of nitrogens with two attached hydrogens (primary N) is 1. The maximum absolute atomic E-state index is 13.4. The lowest BCUT2D eigenvalue weighted by Crippen LogP contribution is -2.59. The van der Waals surface area contributed by atoms with Crippen LogP contribution in [0.15, 0.2) is 24.3 Å². The Labute approximate surface area is 128 Å². The summed E-state index contributed by atoms with van der Waals surface area (Å²) in [6.07, 6.45) is 0.733. The summed E-state index contributed by atoms with van der Waals surface area (Å²) in [5.41, 5.74) is 3.13. The number of likely N-dealkylation sites (tertiary alicyclic amines) is 1. The summed E-state index contributed by atoms with van der Waals surface area (Å²) in [7, 11) is 0. The number of hydrogen-bond acceptors (Lipinski definition) is 3. The molecule has 0 aliphatic carbocycles. The highest BCUT2D eigenvalue weighted by molar-refractivity contribution is 5.89. The van der Waals surface area contributed by atoms with Crippen LogP contribution in [0.3, 0.4) is 0 Å². The first kappa shape index (κ1) is 16.4. The van der Waals surface area contributed by atoms with Gasteiger partial charge in [-0.2, -0.15) is 0 Å². The van der Waals surface area contributed by atoms with Gasteiger partial charge < -0.3 is 15.7 Å². The van der Waals surface area contributed by atoms with Crippen LogP contribution in [0.2, 0.25) is 0 Å². The highest BCUT2D eigenvalue weighted by Crippen LogP contribution is 2.29. The quantitative estimate of drug-likeness (QED) is 0.872. The fourth-order valence-electron chi connectivity index (χ4n) is 2.81. The predicted octanol–water partition coefficient (Wildman–Crippen LogP) is 0.942. The minimum absolute atomic E-state index is 0.125. The average Bonchev–Trinajstić information content (AvgIpc) is 2.46. The number of piperidine rings is 1. The van der Waals surface area contributed by atoms with E-state index in [1.54, 1.807) is 26.0 Å². The van der Waals surface area contributed by atoms with Crippen LogP contribution in [0.4, 0.5) is 4.39 Å². The van der Waals surface area contributed by atoms with Crippen molar-refractivity contribution in [2.45, 2.75) is 37.7 Å². The molecular weight excluding hydrogens is 287 g/mol. The Balaban J connectivity index is 2.25. The molecule has 1 saturated heterocycles. The van der Waals surface area contributed by atoms with E-state index < -0.39 is 22.7 Å². The number of carbonyl (C=O) groups excluding carboxylic acids is 2. The highest BCUT2D eigenvalue weighted by Gasteiger charge is 2.43. The zero-order chi connectivity index (χ0) is 16.5. The van der Waals surface area contributed by atoms with Gasteiger partial charge in [0.2, 0.25) is 5.91 Å². The molecule has 6 heteroatoms. The van der Waals surface area contributed by atoms with Crippen molar-refractivity contribution in [3.63, 3.8) is 0 Å². The van der Waals surface area contributed by atoms with Gasteiger partial charge in [-0.3, -0.25) is 9.59 Å². The molecule has 0 spiro atoms. The van der Waals surface area contributed by atoms with Crippen LogP contribution in [0.5, 0.6) is 0 Å². The summed E-state index contributed by atoms with van der Waals surface area (Å²) >= 11 is 0. The molecule has 1 unspecified atom stereocenters. The second-order valence-electron chi connectivity index (χ2n) is 6.36. The van der Waals surface area contributed by atoms with Crippen molar-refractivity contribution in [2.24, 2.45) is 5.73 Å². The minimum atomic E-state index is -1.69. The van der Waals surface area contributed by atoms with Crippen LogP contribution in [-0.2, 0) is 15.0 Å². The van der Waals surface area contributed by atoms with E-state index in [9.17, 15) is 19.1 Å². The van der Waals surface area contributed by atoms with Crippen molar-refractivity contribution in [3.8, 4) is 0 Å². The molecule has 2 amide bonds. The molecule has 3 N–H and O–H groups in total. The Morgan fingerprint density at radius 3 is 2.68 bits per heavy atom. The fraction of sp³-hybridized carbons (Fsp3) is 0.500. The number of rotatable bonds is 3. The van der Waals surface area contributed by atoms with Crippen molar-refractivity contribution >= 4 is 11.8 Å². The van der Waals surface area contributed by atoms with Crippen molar-refractivity contribution in [1.29, 1.82) is 0 Å². The number of β-amino-alcohol motifs (C(OH)–C–C–N with tert-alkyl or cyclic N) is 1. The van der Waals surface area contributed by atoms with Gasteiger partial charge in [0.25, 0.3) is 5.91 Å². The van der Waals surface area contributed by atoms with Crippen LogP contribution in [-0.4, -0.2) is 40.5 Å². The van der Waals surface area contributed by atoms with Gasteiger partial charge in [0.05, 0.1) is 12.0 Å². The molecule has 22 heavy (non-hydrogen) atoms. The molecule has 1 aliphatic heterocycles. The summed E-state index contributed by atoms with van der Waals surface area (Å²) < 4.78 is 13.4. The lowest BCUT2D eigenvalue weighted by Gasteiger charge is -2.40. The minimum Gasteiger partial charge on any atom is -0.378 e. The number of benzene rings is 1. The number of amides is 2. The van der Waals surface area contributed by atoms with Crippen LogP contribution in [0, 0.1) is 5.82 Å². The van der Waals surface area contributed by atoms with Gasteiger partial charge in [-0.25, -0.2) is 4.39 Å². The molecule has 1 aromatic carbocycles. The highest BCUT2D eigenvalue weighted by atomic mass is 19.1. The van der Waals surface area contributed by atoms with Crippen LogP contribution in [0.1, 0.15) is 32.3 Å². The van der Waals surface area contributed by atoms with Crippen molar-refractivity contribution in [3.05, 3.63) is 35.6 Å². The molecular formula is C16H21FN2O3. The van der Waals surface area contributed by atoms with Crippen LogP contribution < -0.4 is 5.73 Å². The Morgan fingerprint density at radius 2 is 2.09 bits per heavy atom. The number of hydrogen-bond donors (Lipinski definition) is 2. The number of primary amides is 1. The molecule has 0 radical (unpaired) electrons. The number of aliphatic hydroxyl groups is 1. The Morgan fingerprint density at radius 1 is 1.41 bits per heavy atom. The second kappa shape index (κ2) is 5.68. The third-order valence-electron chi connectivity index (χ3n) is 4.30. The van der Waals surface area contributed by atoms with Crippen molar-refractivity contribution < 1.29 is 19.1 Å². The molecule has 120 valence electrons. The monoisotopic (exact) mass is 308 g/mol. The summed E-state index contributed by atoms with van der Waals surface area (Å²) in [6.45, 7) is 3.71. The zero-order valence-electron chi connectivity index (χ0n) is 12.8. The van der Waals surface area contributed by atoms with E-state index in [4.69, 9.17) is 5.73 Å². The van der Waals surface area contributed by atoms with Gasteiger partial charge in [-0.05, 0) is 44.4 Å². The van der Waals surface area contributed by atoms with Gasteiger partial charge in [0.1, 0.15) is 5.82 Å². The van der Waals surface area contributed by atoms with E-state index in [1.807, 2.05) is 0 Å². The summed E-state index contributed by atoms with van der Waals surface area (Å²) in [5, 5.41) is 10.2. The number of halogens is 1. The van der Waals surface area contributed by atoms with E-state index in [0.717, 1.165) is 0 Å². The molecule has 1 heterocycles. The summed E-state index contributed by atoms with van der Waals surface area (Å²) in [5.74, 6) is -1.50. The molecule has 5 nitrogen and oxygen atoms in total. The second-order valence-corrected chi connectivity index (χ2v) is 6.36. The maximum Gasteiger partial charge on any atom is 0.251 e. The molecule has 0 bridgehead atoms. The first-order chi connectivity index (χ1) is 10.2. The zero-order valence-corrected chi connectivity index (χ0v) is 12.8. The third-order valence-corrected chi connectivity index (χ3v) is 4.30. The summed E-state index contributed by atoms with van der Waals surface area (Å²) in [6, 6.07) is 5.87. The maximum atomic E-state index is 13.4. The van der Waals surface area contributed by atoms with E-state index in [2.05, 4.69) is 0 Å². The first-order valence-corrected chi connectivity index (χ1v) is 7.24. The van der Waals surface area contributed by atoms with Gasteiger partial charge in [0.15, 0.2) is 5.60 Å². The standard InChI is InChI=1S/C16H21FN2O3/c1-15(2,11-5-3-6-12(17)9-11)14(21)19-8-4-7-16(22,10-19)13(18)20/h3,5-6,9,22H,4,7-8,10H2,1-2H3,(H2,18,20). The van der Waals surface area contributed by atoms with E-state index in [1.165, 1.54) is 17.0 Å². The molecule has 1 atom stereocenters. The van der Waals surface area contributed by atoms with Gasteiger partial charge in [-0.1, -0.05) is 12.1 Å². The molecule has 1 aliphatic rings. The van der Waals surface area contributed by atoms with Crippen molar-refractivity contribution in [2.75, 3.05) is 13.1 Å². The molecule has 1 aromatic rings. The lowest BCUT2D eigenvalue weighted by atomic mass is 9.81. The number of carbonyl (C=O) groups is 2.